The lowest BCUT2D eigenvalue weighted by molar-refractivity contribution is 0.0520. The van der Waals surface area contributed by atoms with Crippen LogP contribution >= 0.6 is 10.7 Å². The van der Waals surface area contributed by atoms with E-state index in [-0.39, 0.29) is 17.2 Å². The van der Waals surface area contributed by atoms with Gasteiger partial charge in [-0.15, -0.1) is 0 Å². The van der Waals surface area contributed by atoms with Crippen molar-refractivity contribution in [1.29, 1.82) is 0 Å². The summed E-state index contributed by atoms with van der Waals surface area (Å²) >= 11 is 0. The number of aromatic amines is 1. The lowest BCUT2D eigenvalue weighted by Gasteiger charge is -1.96. The summed E-state index contributed by atoms with van der Waals surface area (Å²) in [5.74, 6) is -0.604. The third kappa shape index (κ3) is 2.73. The topological polar surface area (TPSA) is 76.2 Å². The molecular weight excluding hydrogens is 242 g/mol. The van der Waals surface area contributed by atoms with Crippen LogP contribution in [-0.2, 0) is 13.8 Å². The number of rotatable bonds is 3. The van der Waals surface area contributed by atoms with Crippen LogP contribution in [0.5, 0.6) is 0 Å². The van der Waals surface area contributed by atoms with Crippen molar-refractivity contribution in [3.05, 3.63) is 17.5 Å². The fourth-order valence-electron chi connectivity index (χ4n) is 1.11. The molecule has 0 radical (unpaired) electrons. The van der Waals surface area contributed by atoms with E-state index >= 15 is 0 Å². The van der Waals surface area contributed by atoms with Gasteiger partial charge in [0.15, 0.2) is 0 Å². The number of aromatic nitrogens is 1. The van der Waals surface area contributed by atoms with Crippen molar-refractivity contribution in [1.82, 2.24) is 4.98 Å². The SMILES string of the molecule is CCOC(=O)c1cc(S(=O)(=O)Cl)c(C)[nH]1. The lowest BCUT2D eigenvalue weighted by atomic mass is 10.4. The Labute approximate surface area is 91.8 Å². The van der Waals surface area contributed by atoms with Gasteiger partial charge >= 0.3 is 5.97 Å². The fourth-order valence-corrected chi connectivity index (χ4v) is 2.27. The van der Waals surface area contributed by atoms with Gasteiger partial charge in [0.25, 0.3) is 9.05 Å². The van der Waals surface area contributed by atoms with Gasteiger partial charge in [-0.1, -0.05) is 0 Å². The number of hydrogen-bond acceptors (Lipinski definition) is 4. The summed E-state index contributed by atoms with van der Waals surface area (Å²) < 4.78 is 26.8. The monoisotopic (exact) mass is 251 g/mol. The van der Waals surface area contributed by atoms with Gasteiger partial charge in [-0.05, 0) is 19.9 Å². The van der Waals surface area contributed by atoms with Gasteiger partial charge in [-0.3, -0.25) is 0 Å². The van der Waals surface area contributed by atoms with Crippen LogP contribution in [0.2, 0.25) is 0 Å². The molecule has 0 amide bonds. The Kier molecular flexibility index (Phi) is 3.41. The summed E-state index contributed by atoms with van der Waals surface area (Å²) in [6.07, 6.45) is 0. The van der Waals surface area contributed by atoms with Gasteiger partial charge in [0.05, 0.1) is 6.61 Å². The molecule has 7 heteroatoms. The highest BCUT2D eigenvalue weighted by Gasteiger charge is 2.20. The minimum atomic E-state index is -3.83. The predicted octanol–water partition coefficient (Wildman–Crippen LogP) is 1.43. The highest BCUT2D eigenvalue weighted by atomic mass is 35.7. The number of halogens is 1. The van der Waals surface area contributed by atoms with E-state index < -0.39 is 15.0 Å². The molecule has 84 valence electrons. The summed E-state index contributed by atoms with van der Waals surface area (Å²) in [7, 11) is 1.33. The number of aryl methyl sites for hydroxylation is 1. The molecule has 1 aromatic heterocycles. The van der Waals surface area contributed by atoms with Crippen molar-refractivity contribution < 1.29 is 17.9 Å². The summed E-state index contributed by atoms with van der Waals surface area (Å²) in [6.45, 7) is 3.39. The van der Waals surface area contributed by atoms with Crippen LogP contribution in [0.1, 0.15) is 23.1 Å². The van der Waals surface area contributed by atoms with E-state index in [1.165, 1.54) is 6.92 Å². The van der Waals surface area contributed by atoms with E-state index in [1.807, 2.05) is 0 Å². The van der Waals surface area contributed by atoms with Gasteiger partial charge in [0.2, 0.25) is 0 Å². The smallest absolute Gasteiger partial charge is 0.354 e. The molecule has 1 rings (SSSR count). The quantitative estimate of drug-likeness (QED) is 0.651. The van der Waals surface area contributed by atoms with E-state index in [1.54, 1.807) is 6.92 Å². The summed E-state index contributed by atoms with van der Waals surface area (Å²) in [5, 5.41) is 0. The number of nitrogens with one attached hydrogen (secondary N) is 1. The molecule has 0 unspecified atom stereocenters. The Morgan fingerprint density at radius 3 is 2.60 bits per heavy atom. The van der Waals surface area contributed by atoms with Crippen LogP contribution in [-0.4, -0.2) is 26.0 Å². The third-order valence-electron chi connectivity index (χ3n) is 1.73. The van der Waals surface area contributed by atoms with Crippen molar-refractivity contribution in [3.63, 3.8) is 0 Å². The third-order valence-corrected chi connectivity index (χ3v) is 3.17. The van der Waals surface area contributed by atoms with Crippen LogP contribution in [0.3, 0.4) is 0 Å². The zero-order valence-corrected chi connectivity index (χ0v) is 9.78. The maximum Gasteiger partial charge on any atom is 0.354 e. The van der Waals surface area contributed by atoms with Crippen LogP contribution in [0.15, 0.2) is 11.0 Å². The molecule has 0 aliphatic heterocycles. The largest absolute Gasteiger partial charge is 0.461 e. The van der Waals surface area contributed by atoms with Crippen LogP contribution in [0, 0.1) is 6.92 Å². The van der Waals surface area contributed by atoms with Crippen molar-refractivity contribution in [2.75, 3.05) is 6.61 Å². The number of carbonyl (C=O) groups is 1. The van der Waals surface area contributed by atoms with Gasteiger partial charge in [0, 0.05) is 16.4 Å². The van der Waals surface area contributed by atoms with Gasteiger partial charge in [-0.25, -0.2) is 13.2 Å². The first kappa shape index (κ1) is 12.1. The fraction of sp³-hybridized carbons (Fsp3) is 0.375. The number of hydrogen-bond donors (Lipinski definition) is 1. The van der Waals surface area contributed by atoms with Crippen molar-refractivity contribution >= 4 is 25.7 Å². The maximum atomic E-state index is 11.2. The van der Waals surface area contributed by atoms with Crippen molar-refractivity contribution in [3.8, 4) is 0 Å². The van der Waals surface area contributed by atoms with Crippen molar-refractivity contribution in [2.24, 2.45) is 0 Å². The number of esters is 1. The number of carbonyl (C=O) groups excluding carboxylic acids is 1. The van der Waals surface area contributed by atoms with E-state index in [9.17, 15) is 13.2 Å². The highest BCUT2D eigenvalue weighted by molar-refractivity contribution is 8.13. The van der Waals surface area contributed by atoms with E-state index in [4.69, 9.17) is 15.4 Å². The molecule has 1 aromatic rings. The second kappa shape index (κ2) is 4.24. The molecule has 0 aliphatic rings. The highest BCUT2D eigenvalue weighted by Crippen LogP contribution is 2.20. The molecule has 0 aromatic carbocycles. The standard InChI is InChI=1S/C8H10ClNO4S/c1-3-14-8(11)6-4-7(5(2)10-6)15(9,12)13/h4,10H,3H2,1-2H3. The normalized spacial score (nSPS) is 11.4. The van der Waals surface area contributed by atoms with Gasteiger partial charge in [0.1, 0.15) is 10.6 Å². The molecule has 1 N–H and O–H groups in total. The first-order valence-electron chi connectivity index (χ1n) is 4.17. The van der Waals surface area contributed by atoms with Crippen LogP contribution in [0.4, 0.5) is 0 Å². The first-order chi connectivity index (χ1) is 6.86. The molecule has 0 atom stereocenters. The molecule has 15 heavy (non-hydrogen) atoms. The van der Waals surface area contributed by atoms with Crippen molar-refractivity contribution in [2.45, 2.75) is 18.7 Å². The number of ether oxygens (including phenoxy) is 1. The number of H-pyrrole nitrogens is 1. The summed E-state index contributed by atoms with van der Waals surface area (Å²) in [4.78, 5) is 13.7. The molecule has 0 fully saturated rings. The average Bonchev–Trinajstić information content (AvgIpc) is 2.47. The lowest BCUT2D eigenvalue weighted by Crippen LogP contribution is -2.04. The molecule has 0 aliphatic carbocycles. The zero-order valence-electron chi connectivity index (χ0n) is 8.20. The van der Waals surface area contributed by atoms with E-state index in [0.717, 1.165) is 6.07 Å². The molecule has 0 saturated carbocycles. The summed E-state index contributed by atoms with van der Waals surface area (Å²) in [5.41, 5.74) is 0.390. The molecule has 5 nitrogen and oxygen atoms in total. The second-order valence-corrected chi connectivity index (χ2v) is 5.36. The molecular formula is C8H10ClNO4S. The van der Waals surface area contributed by atoms with Crippen LogP contribution in [0.25, 0.3) is 0 Å². The van der Waals surface area contributed by atoms with E-state index in [0.29, 0.717) is 5.69 Å². The molecule has 0 bridgehead atoms. The minimum absolute atomic E-state index is 0.0774. The molecule has 0 saturated heterocycles. The predicted molar refractivity (Wildman–Crippen MR) is 54.5 cm³/mol. The Bertz CT molecular complexity index is 477. The zero-order chi connectivity index (χ0) is 11.6. The van der Waals surface area contributed by atoms with E-state index in [2.05, 4.69) is 4.98 Å². The average molecular weight is 252 g/mol. The Hall–Kier alpha value is -1.01. The maximum absolute atomic E-state index is 11.2. The second-order valence-electron chi connectivity index (χ2n) is 2.83. The molecule has 1 heterocycles. The van der Waals surface area contributed by atoms with Gasteiger partial charge < -0.3 is 9.72 Å². The Morgan fingerprint density at radius 1 is 1.60 bits per heavy atom. The first-order valence-corrected chi connectivity index (χ1v) is 6.48. The minimum Gasteiger partial charge on any atom is -0.461 e. The summed E-state index contributed by atoms with van der Waals surface area (Å²) in [6, 6.07) is 1.16. The van der Waals surface area contributed by atoms with Crippen LogP contribution < -0.4 is 0 Å². The Balaban J connectivity index is 3.12. The Morgan fingerprint density at radius 2 is 2.20 bits per heavy atom. The van der Waals surface area contributed by atoms with Gasteiger partial charge in [-0.2, -0.15) is 0 Å². The molecule has 0 spiro atoms.